The van der Waals surface area contributed by atoms with E-state index < -0.39 is 8.32 Å². The van der Waals surface area contributed by atoms with Crippen LogP contribution in [-0.2, 0) is 9.16 Å². The molecule has 1 aliphatic heterocycles. The zero-order chi connectivity index (χ0) is 13.1. The van der Waals surface area contributed by atoms with Crippen LogP contribution in [0.25, 0.3) is 0 Å². The monoisotopic (exact) mass is 258 g/mol. The van der Waals surface area contributed by atoms with Crippen LogP contribution in [-0.4, -0.2) is 37.3 Å². The van der Waals surface area contributed by atoms with Crippen molar-refractivity contribution in [3.05, 3.63) is 0 Å². The second-order valence-corrected chi connectivity index (χ2v) is 12.0. The van der Waals surface area contributed by atoms with Crippen molar-refractivity contribution in [3.63, 3.8) is 0 Å². The van der Waals surface area contributed by atoms with Crippen molar-refractivity contribution in [1.29, 1.82) is 0 Å². The molecule has 3 nitrogen and oxygen atoms in total. The molecule has 0 bridgehead atoms. The Morgan fingerprint density at radius 1 is 1.29 bits per heavy atom. The Morgan fingerprint density at radius 2 is 1.88 bits per heavy atom. The minimum Gasteiger partial charge on any atom is -0.411 e. The van der Waals surface area contributed by atoms with Crippen LogP contribution in [0.1, 0.15) is 40.5 Å². The molecule has 1 N–H and O–H groups in total. The van der Waals surface area contributed by atoms with Gasteiger partial charge in [0.25, 0.3) is 0 Å². The van der Waals surface area contributed by atoms with Crippen molar-refractivity contribution in [1.82, 2.24) is 0 Å². The van der Waals surface area contributed by atoms with E-state index in [0.717, 1.165) is 12.8 Å². The van der Waals surface area contributed by atoms with Crippen molar-refractivity contribution in [2.45, 2.75) is 82.6 Å². The topological polar surface area (TPSA) is 42.0 Å². The molecule has 100 valence electrons. The van der Waals surface area contributed by atoms with Crippen molar-refractivity contribution in [2.24, 2.45) is 0 Å². The van der Waals surface area contributed by atoms with Crippen molar-refractivity contribution >= 4 is 8.32 Å². The van der Waals surface area contributed by atoms with Crippen LogP contribution in [0.15, 0.2) is 0 Å². The summed E-state index contributed by atoms with van der Waals surface area (Å²) >= 11 is 0. The quantitative estimate of drug-likeness (QED) is 0.611. The summed E-state index contributed by atoms with van der Waals surface area (Å²) in [6.07, 6.45) is 1.51. The second kappa shape index (κ2) is 3.79. The van der Waals surface area contributed by atoms with E-state index in [9.17, 15) is 5.11 Å². The Bertz CT molecular complexity index is 310. The summed E-state index contributed by atoms with van der Waals surface area (Å²) in [6.45, 7) is 13.4. The van der Waals surface area contributed by atoms with E-state index >= 15 is 0 Å². The number of epoxide rings is 1. The predicted molar refractivity (Wildman–Crippen MR) is 70.6 cm³/mol. The molecule has 1 heterocycles. The lowest BCUT2D eigenvalue weighted by Crippen LogP contribution is -2.50. The molecule has 1 saturated carbocycles. The van der Waals surface area contributed by atoms with E-state index in [0.29, 0.717) is 0 Å². The molecular formula is C13H26O3Si. The fourth-order valence-electron chi connectivity index (χ4n) is 2.36. The molecule has 2 fully saturated rings. The third-order valence-electron chi connectivity index (χ3n) is 4.83. The minimum atomic E-state index is -1.78. The lowest BCUT2D eigenvalue weighted by Gasteiger charge is -2.42. The highest BCUT2D eigenvalue weighted by molar-refractivity contribution is 6.74. The Morgan fingerprint density at radius 3 is 2.41 bits per heavy atom. The summed E-state index contributed by atoms with van der Waals surface area (Å²) in [6, 6.07) is 0. The Balaban J connectivity index is 2.08. The van der Waals surface area contributed by atoms with Crippen LogP contribution in [0.2, 0.25) is 18.1 Å². The molecule has 0 amide bonds. The van der Waals surface area contributed by atoms with Crippen molar-refractivity contribution in [2.75, 3.05) is 0 Å². The molecule has 0 spiro atoms. The van der Waals surface area contributed by atoms with Gasteiger partial charge in [0.15, 0.2) is 8.32 Å². The van der Waals surface area contributed by atoms with Crippen molar-refractivity contribution in [3.8, 4) is 0 Å². The van der Waals surface area contributed by atoms with Gasteiger partial charge in [-0.2, -0.15) is 0 Å². The molecule has 0 aromatic carbocycles. The van der Waals surface area contributed by atoms with Gasteiger partial charge in [-0.05, 0) is 25.1 Å². The van der Waals surface area contributed by atoms with Gasteiger partial charge in [-0.25, -0.2) is 0 Å². The number of fused-ring (bicyclic) bond motifs is 1. The fraction of sp³-hybridized carbons (Fsp3) is 1.00. The number of hydrogen-bond acceptors (Lipinski definition) is 3. The summed E-state index contributed by atoms with van der Waals surface area (Å²) in [4.78, 5) is 0. The van der Waals surface area contributed by atoms with Crippen LogP contribution in [0.5, 0.6) is 0 Å². The smallest absolute Gasteiger partial charge is 0.192 e. The maximum atomic E-state index is 9.85. The summed E-state index contributed by atoms with van der Waals surface area (Å²) in [5, 5.41) is 10.1. The van der Waals surface area contributed by atoms with Crippen LogP contribution in [0.3, 0.4) is 0 Å². The average molecular weight is 258 g/mol. The largest absolute Gasteiger partial charge is 0.411 e. The first-order valence-electron chi connectivity index (χ1n) is 6.60. The van der Waals surface area contributed by atoms with Crippen LogP contribution >= 0.6 is 0 Å². The third-order valence-corrected chi connectivity index (χ3v) is 9.32. The standard InChI is InChI=1S/C13H26O3Si/c1-12(2,3)17(5,6)16-11-8-9(14)7-10-13(11,4)15-10/h9-11,14H,7-8H2,1-6H3/t9-,10-,11-,13-/m1/s1. The molecule has 1 aliphatic carbocycles. The summed E-state index contributed by atoms with van der Waals surface area (Å²) in [5.74, 6) is 0. The molecule has 0 radical (unpaired) electrons. The second-order valence-electron chi connectivity index (χ2n) is 7.28. The minimum absolute atomic E-state index is 0.0668. The van der Waals surface area contributed by atoms with E-state index in [1.54, 1.807) is 0 Å². The Kier molecular flexibility index (Phi) is 3.02. The molecular weight excluding hydrogens is 232 g/mol. The number of hydrogen-bond donors (Lipinski definition) is 1. The number of rotatable bonds is 2. The molecule has 0 aromatic rings. The highest BCUT2D eigenvalue weighted by atomic mass is 28.4. The predicted octanol–water partition coefficient (Wildman–Crippen LogP) is 2.69. The van der Waals surface area contributed by atoms with E-state index in [2.05, 4.69) is 40.8 Å². The van der Waals surface area contributed by atoms with Crippen LogP contribution in [0.4, 0.5) is 0 Å². The highest BCUT2D eigenvalue weighted by Gasteiger charge is 2.63. The SMILES string of the molecule is CC(C)(C)[Si](C)(C)O[C@@H]1C[C@H](O)C[C@H]2O[C@]21C. The number of aliphatic hydroxyl groups is 1. The average Bonchev–Trinajstić information content (AvgIpc) is 2.74. The van der Waals surface area contributed by atoms with Crippen molar-refractivity contribution < 1.29 is 14.3 Å². The van der Waals surface area contributed by atoms with Gasteiger partial charge in [-0.1, -0.05) is 20.8 Å². The molecule has 4 atom stereocenters. The summed E-state index contributed by atoms with van der Waals surface area (Å²) in [5.41, 5.74) is -0.130. The number of ether oxygens (including phenoxy) is 1. The van der Waals surface area contributed by atoms with Crippen LogP contribution < -0.4 is 0 Å². The Hall–Kier alpha value is 0.0969. The third kappa shape index (κ3) is 2.32. The van der Waals surface area contributed by atoms with E-state index in [1.165, 1.54) is 0 Å². The van der Waals surface area contributed by atoms with Gasteiger partial charge in [0.05, 0.1) is 18.3 Å². The molecule has 0 aromatic heterocycles. The molecule has 17 heavy (non-hydrogen) atoms. The lowest BCUT2D eigenvalue weighted by molar-refractivity contribution is 0.0309. The first kappa shape index (κ1) is 13.5. The first-order valence-corrected chi connectivity index (χ1v) is 9.51. The van der Waals surface area contributed by atoms with E-state index in [4.69, 9.17) is 9.16 Å². The summed E-state index contributed by atoms with van der Waals surface area (Å²) in [7, 11) is -1.78. The summed E-state index contributed by atoms with van der Waals surface area (Å²) < 4.78 is 12.2. The Labute approximate surface area is 106 Å². The van der Waals surface area contributed by atoms with Gasteiger partial charge in [-0.15, -0.1) is 0 Å². The first-order chi connectivity index (χ1) is 7.56. The van der Waals surface area contributed by atoms with Crippen LogP contribution in [0, 0.1) is 0 Å². The number of aliphatic hydroxyl groups excluding tert-OH is 1. The zero-order valence-electron chi connectivity index (χ0n) is 11.9. The van der Waals surface area contributed by atoms with E-state index in [1.807, 2.05) is 0 Å². The normalized spacial score (nSPS) is 42.2. The highest BCUT2D eigenvalue weighted by Crippen LogP contribution is 2.51. The van der Waals surface area contributed by atoms with Gasteiger partial charge >= 0.3 is 0 Å². The fourth-order valence-corrected chi connectivity index (χ4v) is 3.75. The molecule has 1 saturated heterocycles. The molecule has 4 heteroatoms. The maximum absolute atomic E-state index is 9.85. The van der Waals surface area contributed by atoms with Gasteiger partial charge < -0.3 is 14.3 Å². The van der Waals surface area contributed by atoms with Gasteiger partial charge in [-0.3, -0.25) is 0 Å². The zero-order valence-corrected chi connectivity index (χ0v) is 12.9. The molecule has 0 unspecified atom stereocenters. The molecule has 2 aliphatic rings. The molecule has 2 rings (SSSR count). The van der Waals surface area contributed by atoms with Gasteiger partial charge in [0.1, 0.15) is 5.60 Å². The lowest BCUT2D eigenvalue weighted by atomic mass is 9.86. The van der Waals surface area contributed by atoms with Gasteiger partial charge in [0, 0.05) is 12.8 Å². The van der Waals surface area contributed by atoms with E-state index in [-0.39, 0.29) is 29.0 Å². The van der Waals surface area contributed by atoms with Gasteiger partial charge in [0.2, 0.25) is 0 Å². The maximum Gasteiger partial charge on any atom is 0.192 e.